The fourth-order valence-corrected chi connectivity index (χ4v) is 4.09. The maximum absolute atomic E-state index is 5.81. The minimum Gasteiger partial charge on any atom is -0.376 e. The Bertz CT molecular complexity index is 786. The number of rotatable bonds is 2. The molecule has 3 aliphatic heterocycles. The van der Waals surface area contributed by atoms with Crippen LogP contribution in [0.15, 0.2) is 47.6 Å². The van der Waals surface area contributed by atoms with Gasteiger partial charge in [0, 0.05) is 30.5 Å². The number of benzene rings is 1. The number of fused-ring (bicyclic) bond motifs is 2. The molecule has 0 aliphatic carbocycles. The number of nitrogens with zero attached hydrogens (tertiary/aromatic N) is 3. The van der Waals surface area contributed by atoms with Gasteiger partial charge in [-0.25, -0.2) is 4.98 Å². The van der Waals surface area contributed by atoms with Crippen LogP contribution in [0.5, 0.6) is 0 Å². The van der Waals surface area contributed by atoms with Crippen molar-refractivity contribution in [1.82, 2.24) is 4.98 Å². The van der Waals surface area contributed by atoms with Gasteiger partial charge in [0.1, 0.15) is 5.82 Å². The molecule has 5 rings (SSSR count). The van der Waals surface area contributed by atoms with Gasteiger partial charge in [0.25, 0.3) is 0 Å². The summed E-state index contributed by atoms with van der Waals surface area (Å²) in [6.07, 6.45) is 4.53. The van der Waals surface area contributed by atoms with E-state index in [1.165, 1.54) is 16.7 Å². The number of hydrogen-bond donors (Lipinski definition) is 0. The highest BCUT2D eigenvalue weighted by Crippen LogP contribution is 2.33. The van der Waals surface area contributed by atoms with E-state index in [1.807, 2.05) is 6.20 Å². The lowest BCUT2D eigenvalue weighted by Crippen LogP contribution is -2.32. The first kappa shape index (κ1) is 13.3. The first-order valence-corrected chi connectivity index (χ1v) is 8.37. The molecule has 116 valence electrons. The molecule has 2 aromatic rings. The standard InChI is InChI=1S/C19H19N3O/c1-2-4-15-14(3-1)12-21-19(15)13-5-8-20-18(11-13)22-9-6-17-16(22)7-10-23-17/h1-5,8,11,16-17H,6-7,9-10,12H2. The Morgan fingerprint density at radius 1 is 1.13 bits per heavy atom. The maximum Gasteiger partial charge on any atom is 0.129 e. The maximum atomic E-state index is 5.81. The third-order valence-electron chi connectivity index (χ3n) is 5.22. The molecule has 0 amide bonds. The summed E-state index contributed by atoms with van der Waals surface area (Å²) in [5, 5.41) is 0. The molecule has 1 aromatic heterocycles. The zero-order valence-electron chi connectivity index (χ0n) is 13.0. The summed E-state index contributed by atoms with van der Waals surface area (Å²) in [5.41, 5.74) is 4.84. The SMILES string of the molecule is c1ccc2c(c1)CN=C2c1ccnc(N2CCC3OCCC32)c1. The minimum absolute atomic E-state index is 0.394. The van der Waals surface area contributed by atoms with E-state index in [2.05, 4.69) is 46.3 Å². The van der Waals surface area contributed by atoms with E-state index in [0.29, 0.717) is 12.1 Å². The van der Waals surface area contributed by atoms with Gasteiger partial charge in [-0.3, -0.25) is 4.99 Å². The average molecular weight is 305 g/mol. The van der Waals surface area contributed by atoms with Gasteiger partial charge in [0.2, 0.25) is 0 Å². The number of hydrogen-bond acceptors (Lipinski definition) is 4. The Labute approximate surface area is 135 Å². The van der Waals surface area contributed by atoms with Crippen LogP contribution >= 0.6 is 0 Å². The van der Waals surface area contributed by atoms with Crippen LogP contribution in [0, 0.1) is 0 Å². The van der Waals surface area contributed by atoms with Crippen LogP contribution in [-0.4, -0.2) is 36.0 Å². The molecule has 0 saturated carbocycles. The predicted molar refractivity (Wildman–Crippen MR) is 90.1 cm³/mol. The molecule has 2 unspecified atom stereocenters. The molecule has 4 heteroatoms. The second-order valence-corrected chi connectivity index (χ2v) is 6.47. The highest BCUT2D eigenvalue weighted by molar-refractivity contribution is 6.15. The van der Waals surface area contributed by atoms with Crippen LogP contribution in [0.25, 0.3) is 0 Å². The highest BCUT2D eigenvalue weighted by atomic mass is 16.5. The molecule has 0 radical (unpaired) electrons. The molecule has 1 aromatic carbocycles. The fraction of sp³-hybridized carbons (Fsp3) is 0.368. The van der Waals surface area contributed by atoms with E-state index in [1.54, 1.807) is 0 Å². The second kappa shape index (κ2) is 5.17. The van der Waals surface area contributed by atoms with Crippen LogP contribution in [-0.2, 0) is 11.3 Å². The van der Waals surface area contributed by atoms with Crippen molar-refractivity contribution in [1.29, 1.82) is 0 Å². The smallest absolute Gasteiger partial charge is 0.129 e. The quantitative estimate of drug-likeness (QED) is 0.856. The normalized spacial score (nSPS) is 25.4. The van der Waals surface area contributed by atoms with Crippen molar-refractivity contribution in [2.24, 2.45) is 4.99 Å². The summed E-state index contributed by atoms with van der Waals surface area (Å²) in [6, 6.07) is 13.3. The molecule has 0 spiro atoms. The number of ether oxygens (including phenoxy) is 1. The van der Waals surface area contributed by atoms with Gasteiger partial charge < -0.3 is 9.64 Å². The van der Waals surface area contributed by atoms with E-state index in [-0.39, 0.29) is 0 Å². The first-order valence-electron chi connectivity index (χ1n) is 8.37. The summed E-state index contributed by atoms with van der Waals surface area (Å²) in [4.78, 5) is 11.8. The van der Waals surface area contributed by atoms with Gasteiger partial charge in [-0.05, 0) is 30.5 Å². The monoisotopic (exact) mass is 305 g/mol. The highest BCUT2D eigenvalue weighted by Gasteiger charge is 2.39. The van der Waals surface area contributed by atoms with Crippen LogP contribution in [0.2, 0.25) is 0 Å². The third-order valence-corrected chi connectivity index (χ3v) is 5.22. The molecule has 2 saturated heterocycles. The summed E-state index contributed by atoms with van der Waals surface area (Å²) in [5.74, 6) is 1.06. The summed E-state index contributed by atoms with van der Waals surface area (Å²) in [7, 11) is 0. The number of aromatic nitrogens is 1. The summed E-state index contributed by atoms with van der Waals surface area (Å²) >= 11 is 0. The van der Waals surface area contributed by atoms with Crippen molar-refractivity contribution >= 4 is 11.5 Å². The molecule has 4 heterocycles. The lowest BCUT2D eigenvalue weighted by atomic mass is 10.0. The molecule has 2 fully saturated rings. The van der Waals surface area contributed by atoms with Crippen LogP contribution in [0.3, 0.4) is 0 Å². The predicted octanol–water partition coefficient (Wildman–Crippen LogP) is 2.80. The van der Waals surface area contributed by atoms with Crippen molar-refractivity contribution in [3.8, 4) is 0 Å². The lowest BCUT2D eigenvalue weighted by molar-refractivity contribution is 0.113. The van der Waals surface area contributed by atoms with E-state index in [4.69, 9.17) is 9.73 Å². The Hall–Kier alpha value is -2.20. The molecule has 0 N–H and O–H groups in total. The van der Waals surface area contributed by atoms with Crippen LogP contribution in [0.4, 0.5) is 5.82 Å². The van der Waals surface area contributed by atoms with Crippen molar-refractivity contribution in [2.45, 2.75) is 31.5 Å². The van der Waals surface area contributed by atoms with E-state index in [0.717, 1.165) is 44.1 Å². The Balaban J connectivity index is 1.50. The largest absolute Gasteiger partial charge is 0.376 e. The summed E-state index contributed by atoms with van der Waals surface area (Å²) < 4.78 is 5.81. The van der Waals surface area contributed by atoms with Crippen LogP contribution in [0.1, 0.15) is 29.5 Å². The van der Waals surface area contributed by atoms with Gasteiger partial charge in [0.05, 0.1) is 24.4 Å². The van der Waals surface area contributed by atoms with Crippen molar-refractivity contribution in [3.63, 3.8) is 0 Å². The van der Waals surface area contributed by atoms with E-state index < -0.39 is 0 Å². The van der Waals surface area contributed by atoms with Gasteiger partial charge >= 0.3 is 0 Å². The number of anilines is 1. The van der Waals surface area contributed by atoms with E-state index in [9.17, 15) is 0 Å². The average Bonchev–Trinajstić information content (AvgIpc) is 3.30. The third kappa shape index (κ3) is 2.09. The van der Waals surface area contributed by atoms with Gasteiger partial charge in [-0.15, -0.1) is 0 Å². The number of aliphatic imine (C=N–C) groups is 1. The molecular weight excluding hydrogens is 286 g/mol. The molecule has 0 bridgehead atoms. The van der Waals surface area contributed by atoms with Crippen LogP contribution < -0.4 is 4.90 Å². The van der Waals surface area contributed by atoms with Gasteiger partial charge in [-0.1, -0.05) is 24.3 Å². The number of pyridine rings is 1. The molecule has 2 atom stereocenters. The molecule has 23 heavy (non-hydrogen) atoms. The zero-order valence-corrected chi connectivity index (χ0v) is 13.0. The minimum atomic E-state index is 0.394. The summed E-state index contributed by atoms with van der Waals surface area (Å²) in [6.45, 7) is 2.70. The second-order valence-electron chi connectivity index (χ2n) is 6.47. The Kier molecular flexibility index (Phi) is 2.98. The zero-order chi connectivity index (χ0) is 15.2. The fourth-order valence-electron chi connectivity index (χ4n) is 4.09. The van der Waals surface area contributed by atoms with Gasteiger partial charge in [-0.2, -0.15) is 0 Å². The Morgan fingerprint density at radius 3 is 3.09 bits per heavy atom. The topological polar surface area (TPSA) is 37.7 Å². The van der Waals surface area contributed by atoms with Gasteiger partial charge in [0.15, 0.2) is 0 Å². The molecule has 4 nitrogen and oxygen atoms in total. The van der Waals surface area contributed by atoms with Crippen molar-refractivity contribution in [3.05, 3.63) is 59.3 Å². The Morgan fingerprint density at radius 2 is 2.09 bits per heavy atom. The van der Waals surface area contributed by atoms with Crippen molar-refractivity contribution in [2.75, 3.05) is 18.1 Å². The van der Waals surface area contributed by atoms with Crippen molar-refractivity contribution < 1.29 is 4.74 Å². The molecule has 3 aliphatic rings. The molecular formula is C19H19N3O. The lowest BCUT2D eigenvalue weighted by Gasteiger charge is -2.24. The van der Waals surface area contributed by atoms with E-state index >= 15 is 0 Å². The first-order chi connectivity index (χ1) is 11.4.